The summed E-state index contributed by atoms with van der Waals surface area (Å²) in [4.78, 5) is 47.2. The van der Waals surface area contributed by atoms with E-state index in [1.54, 1.807) is 0 Å². The molecule has 0 N–H and O–H groups in total. The number of carbonyl (C=O) groups is 4. The van der Waals surface area contributed by atoms with Crippen LogP contribution in [0, 0.1) is 5.82 Å². The third kappa shape index (κ3) is 2.22. The van der Waals surface area contributed by atoms with Crippen LogP contribution in [0.1, 0.15) is 10.4 Å². The Labute approximate surface area is 107 Å². The molecule has 98 valence electrons. The van der Waals surface area contributed by atoms with Gasteiger partial charge in [-0.2, -0.15) is 0 Å². The number of nitrogens with zero attached hydrogens (tertiary/aromatic N) is 2. The lowest BCUT2D eigenvalue weighted by Gasteiger charge is -2.11. The second kappa shape index (κ2) is 4.60. The molecule has 1 aliphatic rings. The lowest BCUT2D eigenvalue weighted by atomic mass is 10.1. The monoisotopic (exact) mass is 264 g/mol. The molecule has 19 heavy (non-hydrogen) atoms. The number of benzene rings is 1. The predicted molar refractivity (Wildman–Crippen MR) is 60.6 cm³/mol. The standard InChI is InChI=1S/C12H9FN2O4/c1-14-10(17)11(18)15(12(14)19)6-9(16)7-3-2-4-8(13)5-7/h2-5H,6H2,1H3. The molecule has 0 radical (unpaired) electrons. The molecule has 0 aliphatic carbocycles. The van der Waals surface area contributed by atoms with Gasteiger partial charge in [-0.3, -0.25) is 19.3 Å². The van der Waals surface area contributed by atoms with Crippen molar-refractivity contribution >= 4 is 23.6 Å². The molecule has 0 unspecified atom stereocenters. The molecule has 0 bridgehead atoms. The molecule has 7 heteroatoms. The van der Waals surface area contributed by atoms with Crippen LogP contribution < -0.4 is 0 Å². The van der Waals surface area contributed by atoms with Crippen LogP contribution in [0.3, 0.4) is 0 Å². The zero-order chi connectivity index (χ0) is 14.2. The van der Waals surface area contributed by atoms with Gasteiger partial charge in [0.2, 0.25) is 0 Å². The van der Waals surface area contributed by atoms with Crippen LogP contribution >= 0.6 is 0 Å². The second-order valence-corrected chi connectivity index (χ2v) is 3.97. The van der Waals surface area contributed by atoms with Crippen molar-refractivity contribution in [2.75, 3.05) is 13.6 Å². The van der Waals surface area contributed by atoms with E-state index in [2.05, 4.69) is 0 Å². The summed E-state index contributed by atoms with van der Waals surface area (Å²) in [6.45, 7) is -0.586. The largest absolute Gasteiger partial charge is 0.334 e. The van der Waals surface area contributed by atoms with E-state index in [1.165, 1.54) is 18.2 Å². The van der Waals surface area contributed by atoms with Crippen molar-refractivity contribution < 1.29 is 23.6 Å². The summed E-state index contributed by atoms with van der Waals surface area (Å²) in [5.74, 6) is -3.27. The molecule has 2 rings (SSSR count). The molecular weight excluding hydrogens is 255 g/mol. The molecule has 1 aliphatic heterocycles. The van der Waals surface area contributed by atoms with Gasteiger partial charge in [0.25, 0.3) is 0 Å². The highest BCUT2D eigenvalue weighted by molar-refractivity contribution is 6.45. The Bertz CT molecular complexity index is 599. The maximum absolute atomic E-state index is 13.0. The number of carbonyl (C=O) groups excluding carboxylic acids is 4. The van der Waals surface area contributed by atoms with E-state index < -0.39 is 36.0 Å². The number of hydrogen-bond donors (Lipinski definition) is 0. The Balaban J connectivity index is 2.18. The van der Waals surface area contributed by atoms with Gasteiger partial charge < -0.3 is 0 Å². The van der Waals surface area contributed by atoms with Gasteiger partial charge in [0.05, 0.1) is 6.54 Å². The third-order valence-electron chi connectivity index (χ3n) is 2.70. The summed E-state index contributed by atoms with van der Waals surface area (Å²) in [5, 5.41) is 0. The Morgan fingerprint density at radius 3 is 2.42 bits per heavy atom. The Kier molecular flexibility index (Phi) is 3.12. The first-order valence-corrected chi connectivity index (χ1v) is 5.34. The Hall–Kier alpha value is -2.57. The van der Waals surface area contributed by atoms with Crippen molar-refractivity contribution in [2.24, 2.45) is 0 Å². The first kappa shape index (κ1) is 12.9. The zero-order valence-electron chi connectivity index (χ0n) is 9.92. The minimum Gasteiger partial charge on any atom is -0.292 e. The number of amides is 4. The fourth-order valence-electron chi connectivity index (χ4n) is 1.65. The maximum Gasteiger partial charge on any atom is 0.334 e. The molecule has 1 aromatic rings. The predicted octanol–water partition coefficient (Wildman–Crippen LogP) is 0.429. The summed E-state index contributed by atoms with van der Waals surface area (Å²) < 4.78 is 13.0. The number of rotatable bonds is 3. The SMILES string of the molecule is CN1C(=O)C(=O)N(CC(=O)c2cccc(F)c2)C1=O. The number of halogens is 1. The van der Waals surface area contributed by atoms with E-state index in [-0.39, 0.29) is 5.56 Å². The summed E-state index contributed by atoms with van der Waals surface area (Å²) in [6, 6.07) is 4.01. The maximum atomic E-state index is 13.0. The van der Waals surface area contributed by atoms with Gasteiger partial charge >= 0.3 is 17.8 Å². The quantitative estimate of drug-likeness (QED) is 0.450. The van der Waals surface area contributed by atoms with Gasteiger partial charge in [0.1, 0.15) is 5.82 Å². The average molecular weight is 264 g/mol. The molecule has 0 atom stereocenters. The number of Topliss-reactive ketones (excluding diaryl/α,β-unsaturated/α-hetero) is 1. The first-order valence-electron chi connectivity index (χ1n) is 5.34. The van der Waals surface area contributed by atoms with E-state index in [0.717, 1.165) is 13.1 Å². The Morgan fingerprint density at radius 2 is 1.89 bits per heavy atom. The first-order chi connectivity index (χ1) is 8.91. The molecule has 1 fully saturated rings. The third-order valence-corrected chi connectivity index (χ3v) is 2.70. The van der Waals surface area contributed by atoms with Gasteiger partial charge in [0.15, 0.2) is 5.78 Å². The van der Waals surface area contributed by atoms with Crippen molar-refractivity contribution in [2.45, 2.75) is 0 Å². The second-order valence-electron chi connectivity index (χ2n) is 3.97. The topological polar surface area (TPSA) is 74.8 Å². The number of hydrogen-bond acceptors (Lipinski definition) is 4. The van der Waals surface area contributed by atoms with Gasteiger partial charge in [-0.05, 0) is 12.1 Å². The molecule has 1 aromatic carbocycles. The van der Waals surface area contributed by atoms with Crippen LogP contribution in [0.4, 0.5) is 9.18 Å². The molecule has 0 aromatic heterocycles. The van der Waals surface area contributed by atoms with Gasteiger partial charge in [0, 0.05) is 12.6 Å². The summed E-state index contributed by atoms with van der Waals surface area (Å²) >= 11 is 0. The van der Waals surface area contributed by atoms with Crippen molar-refractivity contribution in [3.63, 3.8) is 0 Å². The average Bonchev–Trinajstić information content (AvgIpc) is 2.56. The molecule has 1 heterocycles. The van der Waals surface area contributed by atoms with Crippen molar-refractivity contribution in [1.29, 1.82) is 0 Å². The van der Waals surface area contributed by atoms with E-state index in [1.807, 2.05) is 0 Å². The van der Waals surface area contributed by atoms with Crippen LogP contribution in [-0.4, -0.2) is 47.0 Å². The number of urea groups is 1. The molecule has 1 saturated heterocycles. The minimum absolute atomic E-state index is 0.0302. The van der Waals surface area contributed by atoms with Crippen LogP contribution in [0.5, 0.6) is 0 Å². The van der Waals surface area contributed by atoms with Gasteiger partial charge in [-0.1, -0.05) is 12.1 Å². The van der Waals surface area contributed by atoms with E-state index in [9.17, 15) is 23.6 Å². The van der Waals surface area contributed by atoms with Crippen molar-refractivity contribution in [3.05, 3.63) is 35.6 Å². The minimum atomic E-state index is -1.06. The lowest BCUT2D eigenvalue weighted by Crippen LogP contribution is -2.36. The number of ketones is 1. The Morgan fingerprint density at radius 1 is 1.21 bits per heavy atom. The highest BCUT2D eigenvalue weighted by atomic mass is 19.1. The smallest absolute Gasteiger partial charge is 0.292 e. The lowest BCUT2D eigenvalue weighted by molar-refractivity contribution is -0.142. The highest BCUT2D eigenvalue weighted by Crippen LogP contribution is 2.12. The highest BCUT2D eigenvalue weighted by Gasteiger charge is 2.42. The van der Waals surface area contributed by atoms with Crippen LogP contribution in [0.2, 0.25) is 0 Å². The number of imide groups is 2. The molecule has 4 amide bonds. The fourth-order valence-corrected chi connectivity index (χ4v) is 1.65. The zero-order valence-corrected chi connectivity index (χ0v) is 9.92. The van der Waals surface area contributed by atoms with Gasteiger partial charge in [-0.15, -0.1) is 0 Å². The van der Waals surface area contributed by atoms with E-state index in [0.29, 0.717) is 9.80 Å². The van der Waals surface area contributed by atoms with Crippen LogP contribution in [0.25, 0.3) is 0 Å². The summed E-state index contributed by atoms with van der Waals surface area (Å²) in [5.41, 5.74) is 0.0302. The fraction of sp³-hybridized carbons (Fsp3) is 0.167. The summed E-state index contributed by atoms with van der Waals surface area (Å²) in [6.07, 6.45) is 0. The normalized spacial score (nSPS) is 15.4. The van der Waals surface area contributed by atoms with Crippen molar-refractivity contribution in [3.8, 4) is 0 Å². The molecular formula is C12H9FN2O4. The van der Waals surface area contributed by atoms with E-state index >= 15 is 0 Å². The summed E-state index contributed by atoms with van der Waals surface area (Å²) in [7, 11) is 1.15. The van der Waals surface area contributed by atoms with E-state index in [4.69, 9.17) is 0 Å². The van der Waals surface area contributed by atoms with Crippen molar-refractivity contribution in [1.82, 2.24) is 9.80 Å². The van der Waals surface area contributed by atoms with Gasteiger partial charge in [-0.25, -0.2) is 14.1 Å². The van der Waals surface area contributed by atoms with Crippen LogP contribution in [-0.2, 0) is 9.59 Å². The molecule has 0 spiro atoms. The van der Waals surface area contributed by atoms with Crippen LogP contribution in [0.15, 0.2) is 24.3 Å². The molecule has 0 saturated carbocycles. The molecule has 6 nitrogen and oxygen atoms in total. The number of likely N-dealkylation sites (N-methyl/N-ethyl adjacent to an activating group) is 1.